The van der Waals surface area contributed by atoms with E-state index < -0.39 is 39.7 Å². The summed E-state index contributed by atoms with van der Waals surface area (Å²) in [5.74, 6) is -5.50. The maximum absolute atomic E-state index is 13.7. The third kappa shape index (κ3) is 2.19. The lowest BCUT2D eigenvalue weighted by atomic mass is 9.63. The molecule has 0 saturated heterocycles. The van der Waals surface area contributed by atoms with Crippen LogP contribution >= 0.6 is 0 Å². The van der Waals surface area contributed by atoms with Crippen molar-refractivity contribution < 1.29 is 17.6 Å². The van der Waals surface area contributed by atoms with E-state index in [4.69, 9.17) is 7.85 Å². The van der Waals surface area contributed by atoms with E-state index in [1.165, 1.54) is 13.8 Å². The van der Waals surface area contributed by atoms with Crippen LogP contribution < -0.4 is 0 Å². The molecular formula is C12H13BF4. The van der Waals surface area contributed by atoms with Gasteiger partial charge in [0.2, 0.25) is 0 Å². The minimum Gasteiger partial charge on any atom is -0.203 e. The smallest absolute Gasteiger partial charge is 0.165 e. The highest BCUT2D eigenvalue weighted by Gasteiger charge is 2.32. The van der Waals surface area contributed by atoms with Gasteiger partial charge in [-0.3, -0.25) is 0 Å². The molecule has 1 unspecified atom stereocenters. The van der Waals surface area contributed by atoms with Gasteiger partial charge in [0.05, 0.1) is 7.85 Å². The topological polar surface area (TPSA) is 0 Å². The van der Waals surface area contributed by atoms with Crippen molar-refractivity contribution >= 4 is 7.85 Å². The quantitative estimate of drug-likeness (QED) is 0.433. The zero-order valence-corrected chi connectivity index (χ0v) is 10.0. The normalized spacial score (nSPS) is 14.8. The molecule has 0 nitrogen and oxygen atoms in total. The summed E-state index contributed by atoms with van der Waals surface area (Å²) >= 11 is 0. The minimum atomic E-state index is -1.44. The number of benzene rings is 1. The number of hydrogen-bond donors (Lipinski definition) is 0. The fourth-order valence-corrected chi connectivity index (χ4v) is 1.67. The van der Waals surface area contributed by atoms with Crippen LogP contribution in [0.15, 0.2) is 0 Å². The van der Waals surface area contributed by atoms with E-state index in [9.17, 15) is 17.6 Å². The predicted octanol–water partition coefficient (Wildman–Crippen LogP) is 3.60. The Morgan fingerprint density at radius 2 is 1.35 bits per heavy atom. The van der Waals surface area contributed by atoms with Crippen molar-refractivity contribution in [2.24, 2.45) is 0 Å². The highest BCUT2D eigenvalue weighted by Crippen LogP contribution is 2.33. The Balaban J connectivity index is 3.65. The molecule has 0 aliphatic heterocycles. The van der Waals surface area contributed by atoms with E-state index in [0.717, 1.165) is 0 Å². The fraction of sp³-hybridized carbons (Fsp3) is 0.500. The van der Waals surface area contributed by atoms with Gasteiger partial charge >= 0.3 is 0 Å². The standard InChI is InChI=1S/C12H13BF4/c1-4-6-8(14)10(16)7(11(17)9(6)15)12(3,13)5-2/h4-5H2,1-3H3. The van der Waals surface area contributed by atoms with E-state index in [0.29, 0.717) is 0 Å². The molecule has 1 atom stereocenters. The summed E-state index contributed by atoms with van der Waals surface area (Å²) in [6.07, 6.45) is 0.0321. The molecule has 2 radical (unpaired) electrons. The van der Waals surface area contributed by atoms with Gasteiger partial charge < -0.3 is 0 Å². The summed E-state index contributed by atoms with van der Waals surface area (Å²) in [5, 5.41) is -1.44. The van der Waals surface area contributed by atoms with Gasteiger partial charge in [-0.2, -0.15) is 0 Å². The molecule has 5 heteroatoms. The predicted molar refractivity (Wildman–Crippen MR) is 59.0 cm³/mol. The van der Waals surface area contributed by atoms with Crippen LogP contribution in [0.2, 0.25) is 0 Å². The Hall–Kier alpha value is -0.995. The van der Waals surface area contributed by atoms with Gasteiger partial charge in [-0.1, -0.05) is 27.2 Å². The van der Waals surface area contributed by atoms with Gasteiger partial charge in [-0.15, -0.1) is 0 Å². The summed E-state index contributed by atoms with van der Waals surface area (Å²) in [7, 11) is 5.65. The first kappa shape index (κ1) is 14.1. The summed E-state index contributed by atoms with van der Waals surface area (Å²) in [5.41, 5.74) is -1.32. The molecule has 0 fully saturated rings. The zero-order chi connectivity index (χ0) is 13.4. The molecule has 0 bridgehead atoms. The monoisotopic (exact) mass is 244 g/mol. The second-order valence-corrected chi connectivity index (χ2v) is 4.23. The Bertz CT molecular complexity index is 412. The summed E-state index contributed by atoms with van der Waals surface area (Å²) in [6.45, 7) is 4.34. The van der Waals surface area contributed by atoms with Crippen LogP contribution in [0.3, 0.4) is 0 Å². The summed E-state index contributed by atoms with van der Waals surface area (Å²) in [6, 6.07) is 0. The van der Waals surface area contributed by atoms with Crippen molar-refractivity contribution in [3.8, 4) is 0 Å². The molecule has 0 heterocycles. The largest absolute Gasteiger partial charge is 0.203 e. The van der Waals surface area contributed by atoms with Crippen LogP contribution in [0.5, 0.6) is 0 Å². The van der Waals surface area contributed by atoms with E-state index in [-0.39, 0.29) is 12.8 Å². The van der Waals surface area contributed by atoms with E-state index in [1.54, 1.807) is 6.92 Å². The third-order valence-corrected chi connectivity index (χ3v) is 3.01. The SMILES string of the molecule is [B]C(C)(CC)c1c(F)c(F)c(CC)c(F)c1F. The van der Waals surface area contributed by atoms with Crippen LogP contribution in [0.4, 0.5) is 17.6 Å². The molecule has 0 aromatic heterocycles. The molecule has 0 amide bonds. The minimum absolute atomic E-state index is 0.126. The van der Waals surface area contributed by atoms with Crippen LogP contribution in [0.1, 0.15) is 38.3 Å². The molecule has 17 heavy (non-hydrogen) atoms. The second-order valence-electron chi connectivity index (χ2n) is 4.23. The van der Waals surface area contributed by atoms with Crippen molar-refractivity contribution in [3.05, 3.63) is 34.4 Å². The fourth-order valence-electron chi connectivity index (χ4n) is 1.67. The molecule has 0 spiro atoms. The van der Waals surface area contributed by atoms with Gasteiger partial charge in [0.25, 0.3) is 0 Å². The molecule has 1 rings (SSSR count). The van der Waals surface area contributed by atoms with Gasteiger partial charge in [0, 0.05) is 11.1 Å². The molecular weight excluding hydrogens is 231 g/mol. The van der Waals surface area contributed by atoms with Crippen molar-refractivity contribution in [3.63, 3.8) is 0 Å². The maximum Gasteiger partial charge on any atom is 0.165 e. The molecule has 0 aliphatic carbocycles. The Kier molecular flexibility index (Phi) is 3.90. The number of hydrogen-bond acceptors (Lipinski definition) is 0. The molecule has 1 aromatic carbocycles. The average molecular weight is 244 g/mol. The van der Waals surface area contributed by atoms with E-state index in [1.807, 2.05) is 0 Å². The van der Waals surface area contributed by atoms with Gasteiger partial charge in [0.1, 0.15) is 0 Å². The molecule has 0 aliphatic rings. The highest BCUT2D eigenvalue weighted by atomic mass is 19.2. The van der Waals surface area contributed by atoms with Crippen molar-refractivity contribution in [2.45, 2.75) is 38.9 Å². The first-order valence-corrected chi connectivity index (χ1v) is 5.42. The van der Waals surface area contributed by atoms with E-state index in [2.05, 4.69) is 0 Å². The summed E-state index contributed by atoms with van der Waals surface area (Å²) < 4.78 is 54.5. The van der Waals surface area contributed by atoms with Gasteiger partial charge in [-0.25, -0.2) is 17.6 Å². The zero-order valence-electron chi connectivity index (χ0n) is 10.0. The third-order valence-electron chi connectivity index (χ3n) is 3.01. The number of rotatable bonds is 3. The molecule has 0 saturated carbocycles. The lowest BCUT2D eigenvalue weighted by Crippen LogP contribution is -2.26. The van der Waals surface area contributed by atoms with E-state index >= 15 is 0 Å². The van der Waals surface area contributed by atoms with Crippen LogP contribution in [0.25, 0.3) is 0 Å². The van der Waals surface area contributed by atoms with Gasteiger partial charge in [-0.05, 0) is 11.7 Å². The van der Waals surface area contributed by atoms with Crippen molar-refractivity contribution in [1.82, 2.24) is 0 Å². The number of halogens is 4. The van der Waals surface area contributed by atoms with Crippen LogP contribution in [0, 0.1) is 23.3 Å². The second kappa shape index (κ2) is 4.71. The highest BCUT2D eigenvalue weighted by molar-refractivity contribution is 6.15. The Morgan fingerprint density at radius 3 is 1.65 bits per heavy atom. The maximum atomic E-state index is 13.7. The first-order valence-electron chi connectivity index (χ1n) is 5.42. The van der Waals surface area contributed by atoms with Crippen molar-refractivity contribution in [2.75, 3.05) is 0 Å². The van der Waals surface area contributed by atoms with Crippen LogP contribution in [-0.2, 0) is 11.7 Å². The average Bonchev–Trinajstić information content (AvgIpc) is 2.27. The molecule has 92 valence electrons. The molecule has 1 aromatic rings. The Labute approximate surface area is 99.4 Å². The first-order chi connectivity index (χ1) is 7.77. The Morgan fingerprint density at radius 1 is 0.941 bits per heavy atom. The van der Waals surface area contributed by atoms with Crippen molar-refractivity contribution in [1.29, 1.82) is 0 Å². The van der Waals surface area contributed by atoms with Crippen LogP contribution in [-0.4, -0.2) is 7.85 Å². The molecule has 0 N–H and O–H groups in total. The lowest BCUT2D eigenvalue weighted by molar-refractivity contribution is 0.407. The summed E-state index contributed by atoms with van der Waals surface area (Å²) in [4.78, 5) is 0. The van der Waals surface area contributed by atoms with Gasteiger partial charge in [0.15, 0.2) is 23.3 Å². The lowest BCUT2D eigenvalue weighted by Gasteiger charge is -2.26.